The Morgan fingerprint density at radius 1 is 0.619 bits per heavy atom. The second-order valence-electron chi connectivity index (χ2n) is 5.15. The lowest BCUT2D eigenvalue weighted by atomic mass is 10.2. The van der Waals surface area contributed by atoms with Crippen LogP contribution in [-0.4, -0.2) is 15.0 Å². The molecule has 3 heteroatoms. The van der Waals surface area contributed by atoms with Gasteiger partial charge in [-0.2, -0.15) is 0 Å². The lowest BCUT2D eigenvalue weighted by molar-refractivity contribution is 0.853. The van der Waals surface area contributed by atoms with Crippen LogP contribution >= 0.6 is 0 Å². The molecule has 3 nitrogen and oxygen atoms in total. The first kappa shape index (κ1) is 13.6. The van der Waals surface area contributed by atoms with Gasteiger partial charge in [0.25, 0.3) is 0 Å². The lowest BCUT2D eigenvalue weighted by Gasteiger charge is -2.00. The molecule has 21 heavy (non-hydrogen) atoms. The minimum absolute atomic E-state index is 0.973. The van der Waals surface area contributed by atoms with Gasteiger partial charge in [0.15, 0.2) is 0 Å². The average molecular weight is 277 g/mol. The van der Waals surface area contributed by atoms with Crippen LogP contribution in [0.1, 0.15) is 22.8 Å². The first-order valence-corrected chi connectivity index (χ1v) is 7.37. The lowest BCUT2D eigenvalue weighted by Crippen LogP contribution is -1.96. The van der Waals surface area contributed by atoms with Gasteiger partial charge in [0.1, 0.15) is 0 Å². The minimum Gasteiger partial charge on any atom is -0.362 e. The highest BCUT2D eigenvalue weighted by atomic mass is 14.7. The smallest absolute Gasteiger partial charge is 0.0407 e. The van der Waals surface area contributed by atoms with Crippen molar-refractivity contribution in [3.63, 3.8) is 0 Å². The van der Waals surface area contributed by atoms with Crippen LogP contribution in [0, 0.1) is 0 Å². The number of H-pyrrole nitrogens is 1. The molecule has 3 aromatic heterocycles. The Balaban J connectivity index is 1.52. The number of rotatable bonds is 6. The molecule has 0 fully saturated rings. The van der Waals surface area contributed by atoms with E-state index in [-0.39, 0.29) is 0 Å². The van der Waals surface area contributed by atoms with Gasteiger partial charge < -0.3 is 4.98 Å². The zero-order chi connectivity index (χ0) is 14.3. The highest BCUT2D eigenvalue weighted by Crippen LogP contribution is 2.09. The van der Waals surface area contributed by atoms with Gasteiger partial charge in [-0.1, -0.05) is 12.1 Å². The molecule has 0 spiro atoms. The van der Waals surface area contributed by atoms with Gasteiger partial charge in [0, 0.05) is 35.2 Å². The maximum Gasteiger partial charge on any atom is 0.0407 e. The largest absolute Gasteiger partial charge is 0.362 e. The molecule has 3 heterocycles. The Bertz CT molecular complexity index is 601. The maximum absolute atomic E-state index is 4.35. The van der Waals surface area contributed by atoms with E-state index in [1.54, 1.807) is 0 Å². The molecule has 0 aromatic carbocycles. The second kappa shape index (κ2) is 6.84. The van der Waals surface area contributed by atoms with Crippen molar-refractivity contribution in [2.45, 2.75) is 25.7 Å². The summed E-state index contributed by atoms with van der Waals surface area (Å²) in [5, 5.41) is 0. The summed E-state index contributed by atoms with van der Waals surface area (Å²) in [4.78, 5) is 12.2. The fourth-order valence-corrected chi connectivity index (χ4v) is 2.40. The van der Waals surface area contributed by atoms with Gasteiger partial charge in [-0.15, -0.1) is 0 Å². The van der Waals surface area contributed by atoms with Crippen LogP contribution in [0.3, 0.4) is 0 Å². The van der Waals surface area contributed by atoms with Crippen molar-refractivity contribution in [1.82, 2.24) is 15.0 Å². The van der Waals surface area contributed by atoms with Crippen molar-refractivity contribution in [3.8, 4) is 0 Å². The molecule has 106 valence electrons. The first-order chi connectivity index (χ1) is 10.4. The number of nitrogens with zero attached hydrogens (tertiary/aromatic N) is 2. The predicted octanol–water partition coefficient (Wildman–Crippen LogP) is 3.38. The molecule has 0 radical (unpaired) electrons. The summed E-state index contributed by atoms with van der Waals surface area (Å²) in [5.74, 6) is 0. The van der Waals surface area contributed by atoms with E-state index < -0.39 is 0 Å². The minimum atomic E-state index is 0.973. The fraction of sp³-hybridized carbons (Fsp3) is 0.222. The summed E-state index contributed by atoms with van der Waals surface area (Å²) in [6.45, 7) is 0. The van der Waals surface area contributed by atoms with Crippen LogP contribution in [-0.2, 0) is 25.7 Å². The number of hydrogen-bond donors (Lipinski definition) is 1. The molecule has 0 saturated carbocycles. The predicted molar refractivity (Wildman–Crippen MR) is 84.1 cm³/mol. The van der Waals surface area contributed by atoms with Crippen LogP contribution in [0.15, 0.2) is 60.9 Å². The fourth-order valence-electron chi connectivity index (χ4n) is 2.40. The van der Waals surface area contributed by atoms with E-state index in [1.807, 2.05) is 36.7 Å². The number of aromatic amines is 1. The zero-order valence-corrected chi connectivity index (χ0v) is 12.0. The van der Waals surface area contributed by atoms with Crippen LogP contribution in [0.2, 0.25) is 0 Å². The zero-order valence-electron chi connectivity index (χ0n) is 12.0. The van der Waals surface area contributed by atoms with Gasteiger partial charge in [-0.25, -0.2) is 0 Å². The molecule has 0 amide bonds. The van der Waals surface area contributed by atoms with E-state index in [0.29, 0.717) is 0 Å². The van der Waals surface area contributed by atoms with Gasteiger partial charge >= 0.3 is 0 Å². The molecule has 0 saturated heterocycles. The third-order valence-corrected chi connectivity index (χ3v) is 3.56. The second-order valence-corrected chi connectivity index (χ2v) is 5.15. The summed E-state index contributed by atoms with van der Waals surface area (Å²) in [7, 11) is 0. The third-order valence-electron chi connectivity index (χ3n) is 3.56. The number of pyridine rings is 2. The van der Waals surface area contributed by atoms with Crippen molar-refractivity contribution >= 4 is 0 Å². The van der Waals surface area contributed by atoms with Crippen molar-refractivity contribution in [2.24, 2.45) is 0 Å². The molecular formula is C18H19N3. The third kappa shape index (κ3) is 4.02. The monoisotopic (exact) mass is 277 g/mol. The molecule has 3 aromatic rings. The summed E-state index contributed by atoms with van der Waals surface area (Å²) in [6, 6.07) is 16.5. The van der Waals surface area contributed by atoms with Crippen LogP contribution in [0.25, 0.3) is 0 Å². The standard InChI is InChI=1S/C18H19N3/c1-3-13-19-15(5-1)7-9-17-11-12-18(21-17)10-8-16-6-2-4-14-20-16/h1-6,11-14,21H,7-10H2. The Kier molecular flexibility index (Phi) is 4.42. The number of nitrogens with one attached hydrogen (secondary N) is 1. The normalized spacial score (nSPS) is 10.7. The maximum atomic E-state index is 4.35. The summed E-state index contributed by atoms with van der Waals surface area (Å²) < 4.78 is 0. The highest BCUT2D eigenvalue weighted by molar-refractivity contribution is 5.16. The summed E-state index contributed by atoms with van der Waals surface area (Å²) in [5.41, 5.74) is 4.83. The van der Waals surface area contributed by atoms with E-state index in [0.717, 1.165) is 37.1 Å². The Hall–Kier alpha value is -2.42. The van der Waals surface area contributed by atoms with E-state index >= 15 is 0 Å². The van der Waals surface area contributed by atoms with Crippen LogP contribution in [0.5, 0.6) is 0 Å². The first-order valence-electron chi connectivity index (χ1n) is 7.37. The van der Waals surface area contributed by atoms with Gasteiger partial charge in [-0.05, 0) is 62.1 Å². The Morgan fingerprint density at radius 3 is 1.57 bits per heavy atom. The van der Waals surface area contributed by atoms with Crippen LogP contribution in [0.4, 0.5) is 0 Å². The number of aromatic nitrogens is 3. The molecule has 0 aliphatic heterocycles. The highest BCUT2D eigenvalue weighted by Gasteiger charge is 2.02. The molecular weight excluding hydrogens is 258 g/mol. The van der Waals surface area contributed by atoms with E-state index in [9.17, 15) is 0 Å². The molecule has 0 atom stereocenters. The van der Waals surface area contributed by atoms with Gasteiger partial charge in [0.05, 0.1) is 0 Å². The van der Waals surface area contributed by atoms with Crippen molar-refractivity contribution in [3.05, 3.63) is 83.7 Å². The SMILES string of the molecule is c1ccc(CCc2ccc(CCc3ccccn3)[nH]2)nc1. The molecule has 0 aliphatic carbocycles. The average Bonchev–Trinajstić information content (AvgIpc) is 3.01. The summed E-state index contributed by atoms with van der Waals surface area (Å²) in [6.07, 6.45) is 7.65. The summed E-state index contributed by atoms with van der Waals surface area (Å²) >= 11 is 0. The molecule has 3 rings (SSSR count). The molecule has 0 unspecified atom stereocenters. The van der Waals surface area contributed by atoms with Crippen LogP contribution < -0.4 is 0 Å². The van der Waals surface area contributed by atoms with Crippen molar-refractivity contribution in [1.29, 1.82) is 0 Å². The van der Waals surface area contributed by atoms with Crippen molar-refractivity contribution in [2.75, 3.05) is 0 Å². The van der Waals surface area contributed by atoms with E-state index in [2.05, 4.69) is 39.2 Å². The van der Waals surface area contributed by atoms with E-state index in [1.165, 1.54) is 11.4 Å². The number of hydrogen-bond acceptors (Lipinski definition) is 2. The Morgan fingerprint density at radius 2 is 1.14 bits per heavy atom. The molecule has 0 bridgehead atoms. The molecule has 1 N–H and O–H groups in total. The number of aryl methyl sites for hydroxylation is 4. The quantitative estimate of drug-likeness (QED) is 0.750. The Labute approximate surface area is 125 Å². The molecule has 0 aliphatic rings. The van der Waals surface area contributed by atoms with E-state index in [4.69, 9.17) is 0 Å². The topological polar surface area (TPSA) is 41.6 Å². The van der Waals surface area contributed by atoms with Crippen molar-refractivity contribution < 1.29 is 0 Å². The van der Waals surface area contributed by atoms with Gasteiger partial charge in [0.2, 0.25) is 0 Å². The van der Waals surface area contributed by atoms with Gasteiger partial charge in [-0.3, -0.25) is 9.97 Å².